The summed E-state index contributed by atoms with van der Waals surface area (Å²) < 4.78 is 5.42. The number of carbonyl (C=O) groups excluding carboxylic acids is 2. The molecule has 2 fully saturated rings. The van der Waals surface area contributed by atoms with Crippen molar-refractivity contribution < 1.29 is 14.0 Å². The fraction of sp³-hybridized carbons (Fsp3) is 0.333. The van der Waals surface area contributed by atoms with E-state index in [9.17, 15) is 9.59 Å². The largest absolute Gasteiger partial charge is 0.467 e. The smallest absolute Gasteiger partial charge is 0.251 e. The third-order valence-electron chi connectivity index (χ3n) is 6.44. The Labute approximate surface area is 204 Å². The first kappa shape index (κ1) is 22.6. The first-order valence-corrected chi connectivity index (χ1v) is 12.9. The molecule has 6 nitrogen and oxygen atoms in total. The molecule has 1 atom stereocenters. The summed E-state index contributed by atoms with van der Waals surface area (Å²) in [5, 5.41) is 2.94. The minimum atomic E-state index is -0.103. The summed E-state index contributed by atoms with van der Waals surface area (Å²) in [5.41, 5.74) is 3.96. The number of hydrogen-bond donors (Lipinski definition) is 1. The molecule has 176 valence electrons. The Morgan fingerprint density at radius 2 is 1.76 bits per heavy atom. The van der Waals surface area contributed by atoms with Crippen LogP contribution in [0, 0.1) is 0 Å². The molecule has 5 rings (SSSR count). The van der Waals surface area contributed by atoms with Gasteiger partial charge in [0.15, 0.2) is 0 Å². The molecular weight excluding hydrogens is 446 g/mol. The summed E-state index contributed by atoms with van der Waals surface area (Å²) in [6, 6.07) is 19.7. The highest BCUT2D eigenvalue weighted by molar-refractivity contribution is 8.00. The van der Waals surface area contributed by atoms with Crippen molar-refractivity contribution in [3.8, 4) is 0 Å². The molecule has 0 saturated carbocycles. The number of anilines is 1. The van der Waals surface area contributed by atoms with Gasteiger partial charge in [-0.2, -0.15) is 0 Å². The second kappa shape index (κ2) is 10.4. The average molecular weight is 476 g/mol. The lowest BCUT2D eigenvalue weighted by Crippen LogP contribution is -2.29. The summed E-state index contributed by atoms with van der Waals surface area (Å²) in [5.74, 6) is 1.21. The first-order valence-electron chi connectivity index (χ1n) is 11.8. The summed E-state index contributed by atoms with van der Waals surface area (Å²) >= 11 is 1.60. The topological polar surface area (TPSA) is 65.8 Å². The Hall–Kier alpha value is -3.19. The van der Waals surface area contributed by atoms with Gasteiger partial charge in [0.2, 0.25) is 5.91 Å². The molecule has 0 spiro atoms. The molecule has 2 aliphatic heterocycles. The van der Waals surface area contributed by atoms with Crippen LogP contribution in [0.1, 0.15) is 51.9 Å². The molecule has 2 saturated heterocycles. The van der Waals surface area contributed by atoms with Crippen LogP contribution < -0.4 is 10.2 Å². The van der Waals surface area contributed by atoms with E-state index in [1.807, 2.05) is 41.3 Å². The van der Waals surface area contributed by atoms with Crippen molar-refractivity contribution in [3.63, 3.8) is 0 Å². The Balaban J connectivity index is 1.17. The van der Waals surface area contributed by atoms with E-state index >= 15 is 0 Å². The zero-order chi connectivity index (χ0) is 23.3. The Morgan fingerprint density at radius 3 is 2.47 bits per heavy atom. The van der Waals surface area contributed by atoms with Crippen LogP contribution in [-0.2, 0) is 17.9 Å². The van der Waals surface area contributed by atoms with E-state index in [1.165, 1.54) is 24.9 Å². The van der Waals surface area contributed by atoms with Crippen molar-refractivity contribution in [3.05, 3.63) is 89.4 Å². The summed E-state index contributed by atoms with van der Waals surface area (Å²) in [6.07, 6.45) is 5.46. The molecule has 3 aromatic rings. The lowest BCUT2D eigenvalue weighted by molar-refractivity contribution is -0.128. The molecular formula is C27H29N3O3S. The van der Waals surface area contributed by atoms with Gasteiger partial charge in [-0.05, 0) is 66.8 Å². The number of nitrogens with zero attached hydrogens (tertiary/aromatic N) is 2. The predicted molar refractivity (Wildman–Crippen MR) is 135 cm³/mol. The lowest BCUT2D eigenvalue weighted by atomic mass is 10.1. The summed E-state index contributed by atoms with van der Waals surface area (Å²) in [4.78, 5) is 29.3. The van der Waals surface area contributed by atoms with E-state index in [-0.39, 0.29) is 17.2 Å². The molecule has 2 aromatic carbocycles. The third-order valence-corrected chi connectivity index (χ3v) is 7.70. The Bertz CT molecular complexity index is 1110. The van der Waals surface area contributed by atoms with Crippen molar-refractivity contribution in [2.45, 2.75) is 37.7 Å². The highest BCUT2D eigenvalue weighted by Crippen LogP contribution is 2.39. The first-order chi connectivity index (χ1) is 16.7. The maximum absolute atomic E-state index is 12.7. The quantitative estimate of drug-likeness (QED) is 0.522. The number of furan rings is 1. The molecule has 7 heteroatoms. The van der Waals surface area contributed by atoms with E-state index in [0.29, 0.717) is 24.4 Å². The second-order valence-corrected chi connectivity index (χ2v) is 9.85. The lowest BCUT2D eigenvalue weighted by Gasteiger charge is -2.28. The van der Waals surface area contributed by atoms with Crippen molar-refractivity contribution in [1.29, 1.82) is 0 Å². The third kappa shape index (κ3) is 5.14. The predicted octanol–water partition coefficient (Wildman–Crippen LogP) is 4.97. The number of amides is 2. The van der Waals surface area contributed by atoms with E-state index in [1.54, 1.807) is 18.0 Å². The fourth-order valence-corrected chi connectivity index (χ4v) is 5.72. The van der Waals surface area contributed by atoms with Gasteiger partial charge in [-0.15, -0.1) is 11.8 Å². The van der Waals surface area contributed by atoms with Gasteiger partial charge in [0, 0.05) is 30.9 Å². The summed E-state index contributed by atoms with van der Waals surface area (Å²) in [6.45, 7) is 3.19. The Kier molecular flexibility index (Phi) is 6.90. The van der Waals surface area contributed by atoms with Crippen molar-refractivity contribution in [1.82, 2.24) is 10.2 Å². The maximum Gasteiger partial charge on any atom is 0.251 e. The van der Waals surface area contributed by atoms with Crippen LogP contribution in [0.25, 0.3) is 0 Å². The number of carbonyl (C=O) groups is 2. The van der Waals surface area contributed by atoms with E-state index < -0.39 is 0 Å². The van der Waals surface area contributed by atoms with Gasteiger partial charge in [-0.1, -0.05) is 24.3 Å². The van der Waals surface area contributed by atoms with Crippen molar-refractivity contribution in [2.75, 3.05) is 23.7 Å². The van der Waals surface area contributed by atoms with Gasteiger partial charge >= 0.3 is 0 Å². The maximum atomic E-state index is 12.7. The van der Waals surface area contributed by atoms with Crippen LogP contribution >= 0.6 is 11.8 Å². The van der Waals surface area contributed by atoms with Crippen LogP contribution in [-0.4, -0.2) is 35.6 Å². The van der Waals surface area contributed by atoms with Gasteiger partial charge < -0.3 is 19.5 Å². The molecule has 1 unspecified atom stereocenters. The van der Waals surface area contributed by atoms with Gasteiger partial charge in [0.05, 0.1) is 18.6 Å². The normalized spacial score (nSPS) is 18.4. The molecule has 0 aliphatic carbocycles. The van der Waals surface area contributed by atoms with Crippen LogP contribution in [0.3, 0.4) is 0 Å². The molecule has 2 aliphatic rings. The SMILES string of the molecule is O=C(NCc1ccc(N2CCCCC2)cc1)c1ccc(C2SCC(=O)N2Cc2ccco2)cc1. The second-order valence-electron chi connectivity index (χ2n) is 8.78. The average Bonchev–Trinajstić information content (AvgIpc) is 3.54. The van der Waals surface area contributed by atoms with Crippen molar-refractivity contribution in [2.24, 2.45) is 0 Å². The van der Waals surface area contributed by atoms with Crippen molar-refractivity contribution >= 4 is 29.3 Å². The van der Waals surface area contributed by atoms with Crippen LogP contribution in [0.5, 0.6) is 0 Å². The highest BCUT2D eigenvalue weighted by Gasteiger charge is 2.33. The highest BCUT2D eigenvalue weighted by atomic mass is 32.2. The molecule has 34 heavy (non-hydrogen) atoms. The van der Waals surface area contributed by atoms with E-state index in [2.05, 4.69) is 34.5 Å². The zero-order valence-corrected chi connectivity index (χ0v) is 19.9. The molecule has 1 N–H and O–H groups in total. The number of piperidine rings is 1. The van der Waals surface area contributed by atoms with Gasteiger partial charge in [0.1, 0.15) is 11.1 Å². The number of nitrogens with one attached hydrogen (secondary N) is 1. The van der Waals surface area contributed by atoms with Crippen LogP contribution in [0.15, 0.2) is 71.3 Å². The van der Waals surface area contributed by atoms with Crippen LogP contribution in [0.2, 0.25) is 0 Å². The minimum absolute atomic E-state index is 0.0758. The molecule has 3 heterocycles. The van der Waals surface area contributed by atoms with Gasteiger partial charge in [-0.25, -0.2) is 0 Å². The fourth-order valence-electron chi connectivity index (χ4n) is 4.53. The van der Waals surface area contributed by atoms with Gasteiger partial charge in [-0.3, -0.25) is 9.59 Å². The molecule has 1 aromatic heterocycles. The monoisotopic (exact) mass is 475 g/mol. The number of hydrogen-bond acceptors (Lipinski definition) is 5. The van der Waals surface area contributed by atoms with Gasteiger partial charge in [0.25, 0.3) is 5.91 Å². The Morgan fingerprint density at radius 1 is 1.00 bits per heavy atom. The molecule has 0 bridgehead atoms. The zero-order valence-electron chi connectivity index (χ0n) is 19.1. The van der Waals surface area contributed by atoms with E-state index in [0.717, 1.165) is 30.0 Å². The summed E-state index contributed by atoms with van der Waals surface area (Å²) in [7, 11) is 0. The molecule has 2 amide bonds. The number of rotatable bonds is 7. The van der Waals surface area contributed by atoms with E-state index in [4.69, 9.17) is 4.42 Å². The number of benzene rings is 2. The minimum Gasteiger partial charge on any atom is -0.467 e. The molecule has 0 radical (unpaired) electrons. The standard InChI is InChI=1S/C27H29N3O3S/c31-25-19-34-27(30(25)18-24-5-4-16-33-24)22-10-8-21(9-11-22)26(32)28-17-20-6-12-23(13-7-20)29-14-2-1-3-15-29/h4-13,16,27H,1-3,14-15,17-19H2,(H,28,32). The van der Waals surface area contributed by atoms with Crippen LogP contribution in [0.4, 0.5) is 5.69 Å². The number of thioether (sulfide) groups is 1.